The molecule has 3 amide bonds. The summed E-state index contributed by atoms with van der Waals surface area (Å²) in [5.41, 5.74) is 1.84. The summed E-state index contributed by atoms with van der Waals surface area (Å²) in [6, 6.07) is 8.36. The number of urea groups is 1. The molecule has 1 aliphatic heterocycles. The van der Waals surface area contributed by atoms with E-state index < -0.39 is 5.54 Å². The lowest BCUT2D eigenvalue weighted by atomic mass is 10.0. The summed E-state index contributed by atoms with van der Waals surface area (Å²) in [6.07, 6.45) is 0. The normalized spacial score (nSPS) is 17.2. The van der Waals surface area contributed by atoms with Crippen LogP contribution in [0.5, 0.6) is 0 Å². The summed E-state index contributed by atoms with van der Waals surface area (Å²) >= 11 is 1.74. The van der Waals surface area contributed by atoms with Gasteiger partial charge < -0.3 is 5.32 Å². The van der Waals surface area contributed by atoms with Gasteiger partial charge in [0, 0.05) is 18.1 Å². The van der Waals surface area contributed by atoms with Crippen LogP contribution in [0.3, 0.4) is 0 Å². The molecule has 1 heterocycles. The summed E-state index contributed by atoms with van der Waals surface area (Å²) in [6.45, 7) is 8.29. The summed E-state index contributed by atoms with van der Waals surface area (Å²) < 4.78 is 0. The van der Waals surface area contributed by atoms with E-state index >= 15 is 0 Å². The maximum Gasteiger partial charge on any atom is 0.325 e. The van der Waals surface area contributed by atoms with Crippen LogP contribution in [-0.2, 0) is 10.5 Å². The van der Waals surface area contributed by atoms with Gasteiger partial charge >= 0.3 is 6.03 Å². The molecular formula is C17H24N2O2S. The monoisotopic (exact) mass is 320 g/mol. The fourth-order valence-corrected chi connectivity index (χ4v) is 3.25. The number of benzene rings is 1. The van der Waals surface area contributed by atoms with Gasteiger partial charge in [0.05, 0.1) is 0 Å². The van der Waals surface area contributed by atoms with Crippen molar-refractivity contribution in [3.05, 3.63) is 35.4 Å². The highest BCUT2D eigenvalue weighted by Crippen LogP contribution is 2.20. The molecule has 0 atom stereocenters. The number of carbonyl (C=O) groups is 2. The first-order valence-corrected chi connectivity index (χ1v) is 8.77. The van der Waals surface area contributed by atoms with Gasteiger partial charge in [-0.3, -0.25) is 9.69 Å². The van der Waals surface area contributed by atoms with E-state index in [1.165, 1.54) is 16.0 Å². The summed E-state index contributed by atoms with van der Waals surface area (Å²) in [7, 11) is 0. The first-order valence-electron chi connectivity index (χ1n) is 7.62. The molecule has 120 valence electrons. The smallest absolute Gasteiger partial charge is 0.324 e. The second-order valence-corrected chi connectivity index (χ2v) is 7.57. The van der Waals surface area contributed by atoms with Gasteiger partial charge in [-0.05, 0) is 30.9 Å². The largest absolute Gasteiger partial charge is 0.325 e. The van der Waals surface area contributed by atoms with Crippen molar-refractivity contribution < 1.29 is 9.59 Å². The number of rotatable bonds is 6. The van der Waals surface area contributed by atoms with Crippen LogP contribution in [0.1, 0.15) is 44.7 Å². The molecule has 1 aromatic carbocycles. The number of nitrogens with zero attached hydrogens (tertiary/aromatic N) is 1. The highest BCUT2D eigenvalue weighted by atomic mass is 32.2. The third-order valence-electron chi connectivity index (χ3n) is 3.82. The van der Waals surface area contributed by atoms with Crippen molar-refractivity contribution in [1.82, 2.24) is 10.2 Å². The molecule has 0 aliphatic carbocycles. The average Bonchev–Trinajstić information content (AvgIpc) is 2.65. The number of thioether (sulfide) groups is 1. The van der Waals surface area contributed by atoms with Crippen molar-refractivity contribution >= 4 is 23.7 Å². The molecule has 1 N–H and O–H groups in total. The molecule has 1 saturated heterocycles. The number of hydrogen-bond acceptors (Lipinski definition) is 3. The quantitative estimate of drug-likeness (QED) is 0.646. The molecule has 5 heteroatoms. The van der Waals surface area contributed by atoms with Crippen LogP contribution in [-0.4, -0.2) is 34.7 Å². The predicted molar refractivity (Wildman–Crippen MR) is 91.0 cm³/mol. The van der Waals surface area contributed by atoms with Crippen LogP contribution in [0, 0.1) is 0 Å². The molecular weight excluding hydrogens is 296 g/mol. The molecule has 2 rings (SSSR count). The minimum absolute atomic E-state index is 0.139. The molecule has 0 radical (unpaired) electrons. The Morgan fingerprint density at radius 1 is 1.18 bits per heavy atom. The molecule has 0 unspecified atom stereocenters. The Balaban J connectivity index is 1.78. The number of imide groups is 1. The third kappa shape index (κ3) is 3.83. The van der Waals surface area contributed by atoms with E-state index in [0.29, 0.717) is 12.5 Å². The number of amides is 3. The second kappa shape index (κ2) is 6.73. The van der Waals surface area contributed by atoms with E-state index in [9.17, 15) is 9.59 Å². The van der Waals surface area contributed by atoms with Crippen LogP contribution in [0.2, 0.25) is 0 Å². The van der Waals surface area contributed by atoms with E-state index in [0.717, 1.165) is 11.5 Å². The van der Waals surface area contributed by atoms with E-state index in [-0.39, 0.29) is 11.9 Å². The van der Waals surface area contributed by atoms with Gasteiger partial charge in [-0.1, -0.05) is 38.1 Å². The van der Waals surface area contributed by atoms with Gasteiger partial charge in [0.2, 0.25) is 0 Å². The lowest BCUT2D eigenvalue weighted by Gasteiger charge is -2.15. The Morgan fingerprint density at radius 3 is 2.32 bits per heavy atom. The van der Waals surface area contributed by atoms with E-state index in [4.69, 9.17) is 0 Å². The Labute approximate surface area is 136 Å². The van der Waals surface area contributed by atoms with Crippen molar-refractivity contribution in [3.8, 4) is 0 Å². The van der Waals surface area contributed by atoms with Crippen molar-refractivity contribution in [3.63, 3.8) is 0 Å². The third-order valence-corrected chi connectivity index (χ3v) is 4.83. The standard InChI is InChI=1S/C17H24N2O2S/c1-12(2)14-7-5-13(6-8-14)11-22-10-9-19-15(20)17(3,4)18-16(19)21/h5-8,12H,9-11H2,1-4H3,(H,18,21). The topological polar surface area (TPSA) is 49.4 Å². The van der Waals surface area contributed by atoms with Gasteiger partial charge in [-0.2, -0.15) is 11.8 Å². The number of hydrogen-bond donors (Lipinski definition) is 1. The molecule has 0 saturated carbocycles. The fourth-order valence-electron chi connectivity index (χ4n) is 2.37. The van der Waals surface area contributed by atoms with Crippen LogP contribution >= 0.6 is 11.8 Å². The lowest BCUT2D eigenvalue weighted by molar-refractivity contribution is -0.130. The lowest BCUT2D eigenvalue weighted by Crippen LogP contribution is -2.40. The molecule has 4 nitrogen and oxygen atoms in total. The maximum absolute atomic E-state index is 12.0. The van der Waals surface area contributed by atoms with E-state index in [1.807, 2.05) is 0 Å². The zero-order valence-corrected chi connectivity index (χ0v) is 14.5. The predicted octanol–water partition coefficient (Wildman–Crippen LogP) is 3.37. The van der Waals surface area contributed by atoms with Gasteiger partial charge in [0.15, 0.2) is 0 Å². The Bertz CT molecular complexity index is 552. The molecule has 1 fully saturated rings. The number of nitrogens with one attached hydrogen (secondary N) is 1. The van der Waals surface area contributed by atoms with Gasteiger partial charge in [0.1, 0.15) is 5.54 Å². The van der Waals surface area contributed by atoms with Crippen molar-refractivity contribution in [2.75, 3.05) is 12.3 Å². The Kier molecular flexibility index (Phi) is 5.16. The second-order valence-electron chi connectivity index (χ2n) is 6.46. The highest BCUT2D eigenvalue weighted by Gasteiger charge is 2.43. The molecule has 0 aromatic heterocycles. The van der Waals surface area contributed by atoms with Crippen molar-refractivity contribution in [1.29, 1.82) is 0 Å². The Morgan fingerprint density at radius 2 is 1.82 bits per heavy atom. The SMILES string of the molecule is CC(C)c1ccc(CSCCN2C(=O)NC(C)(C)C2=O)cc1. The molecule has 0 bridgehead atoms. The zero-order valence-electron chi connectivity index (χ0n) is 13.7. The molecule has 1 aromatic rings. The Hall–Kier alpha value is -1.49. The van der Waals surface area contributed by atoms with Crippen molar-refractivity contribution in [2.45, 2.75) is 44.9 Å². The van der Waals surface area contributed by atoms with Gasteiger partial charge in [-0.25, -0.2) is 4.79 Å². The van der Waals surface area contributed by atoms with E-state index in [1.54, 1.807) is 25.6 Å². The molecule has 22 heavy (non-hydrogen) atoms. The summed E-state index contributed by atoms with van der Waals surface area (Å²) in [5, 5.41) is 2.70. The minimum atomic E-state index is -0.769. The minimum Gasteiger partial charge on any atom is -0.324 e. The first-order chi connectivity index (χ1) is 10.3. The van der Waals surface area contributed by atoms with Crippen LogP contribution in [0.4, 0.5) is 4.79 Å². The number of carbonyl (C=O) groups excluding carboxylic acids is 2. The van der Waals surface area contributed by atoms with Crippen LogP contribution < -0.4 is 5.32 Å². The average molecular weight is 320 g/mol. The van der Waals surface area contributed by atoms with Crippen LogP contribution in [0.15, 0.2) is 24.3 Å². The summed E-state index contributed by atoms with van der Waals surface area (Å²) in [4.78, 5) is 25.1. The summed E-state index contributed by atoms with van der Waals surface area (Å²) in [5.74, 6) is 2.05. The highest BCUT2D eigenvalue weighted by molar-refractivity contribution is 7.98. The van der Waals surface area contributed by atoms with Gasteiger partial charge in [-0.15, -0.1) is 0 Å². The fraction of sp³-hybridized carbons (Fsp3) is 0.529. The van der Waals surface area contributed by atoms with Crippen LogP contribution in [0.25, 0.3) is 0 Å². The van der Waals surface area contributed by atoms with Crippen molar-refractivity contribution in [2.24, 2.45) is 0 Å². The first kappa shape index (κ1) is 16.9. The molecule has 1 aliphatic rings. The maximum atomic E-state index is 12.0. The molecule has 0 spiro atoms. The zero-order chi connectivity index (χ0) is 16.3. The van der Waals surface area contributed by atoms with Gasteiger partial charge in [0.25, 0.3) is 5.91 Å². The van der Waals surface area contributed by atoms with E-state index in [2.05, 4.69) is 43.4 Å².